The van der Waals surface area contributed by atoms with Crippen molar-refractivity contribution in [1.29, 1.82) is 0 Å². The van der Waals surface area contributed by atoms with Crippen LogP contribution in [0, 0.1) is 0 Å². The molecule has 0 fully saturated rings. The van der Waals surface area contributed by atoms with Crippen LogP contribution in [0.15, 0.2) is 18.2 Å². The highest BCUT2D eigenvalue weighted by Gasteiger charge is 2.09. The fourth-order valence-corrected chi connectivity index (χ4v) is 1.10. The zero-order chi connectivity index (χ0) is 12.1. The number of hydrogen-bond acceptors (Lipinski definition) is 5. The van der Waals surface area contributed by atoms with Crippen molar-refractivity contribution in [3.05, 3.63) is 23.8 Å². The molecule has 0 saturated heterocycles. The van der Waals surface area contributed by atoms with Crippen molar-refractivity contribution in [2.24, 2.45) is 0 Å². The number of carboxylic acid groups (broad SMARTS) is 1. The Morgan fingerprint density at radius 3 is 2.69 bits per heavy atom. The molecule has 0 heterocycles. The number of carbonyl (C=O) groups is 1. The summed E-state index contributed by atoms with van der Waals surface area (Å²) in [6.07, 6.45) is -0.965. The SMILES string of the molecule is O=C(O)c1ccc(O)c(NCC(O)CO)c1. The summed E-state index contributed by atoms with van der Waals surface area (Å²) in [5.74, 6) is -1.22. The van der Waals surface area contributed by atoms with Crippen molar-refractivity contribution in [1.82, 2.24) is 0 Å². The Bertz CT molecular complexity index is 379. The summed E-state index contributed by atoms with van der Waals surface area (Å²) >= 11 is 0. The van der Waals surface area contributed by atoms with Gasteiger partial charge in [0.25, 0.3) is 0 Å². The molecule has 0 aromatic heterocycles. The lowest BCUT2D eigenvalue weighted by Gasteiger charge is -2.11. The molecule has 1 rings (SSSR count). The van der Waals surface area contributed by atoms with Crippen LogP contribution in [0.5, 0.6) is 5.75 Å². The summed E-state index contributed by atoms with van der Waals surface area (Å²) in [7, 11) is 0. The van der Waals surface area contributed by atoms with E-state index >= 15 is 0 Å². The second-order valence-electron chi connectivity index (χ2n) is 3.25. The van der Waals surface area contributed by atoms with E-state index in [-0.39, 0.29) is 23.5 Å². The predicted molar refractivity (Wildman–Crippen MR) is 56.6 cm³/mol. The number of anilines is 1. The molecule has 6 heteroatoms. The van der Waals surface area contributed by atoms with Crippen LogP contribution in [-0.2, 0) is 0 Å². The summed E-state index contributed by atoms with van der Waals surface area (Å²) < 4.78 is 0. The number of hydrogen-bond donors (Lipinski definition) is 5. The number of benzene rings is 1. The average molecular weight is 227 g/mol. The van der Waals surface area contributed by atoms with Gasteiger partial charge in [-0.25, -0.2) is 4.79 Å². The zero-order valence-electron chi connectivity index (χ0n) is 8.42. The summed E-state index contributed by atoms with van der Waals surface area (Å²) in [6, 6.07) is 3.77. The Hall–Kier alpha value is -1.79. The van der Waals surface area contributed by atoms with Crippen LogP contribution in [0.4, 0.5) is 5.69 Å². The molecule has 1 aromatic rings. The van der Waals surface area contributed by atoms with Crippen molar-refractivity contribution >= 4 is 11.7 Å². The average Bonchev–Trinajstić information content (AvgIpc) is 2.27. The van der Waals surface area contributed by atoms with Crippen molar-refractivity contribution in [3.8, 4) is 5.75 Å². The van der Waals surface area contributed by atoms with E-state index in [1.165, 1.54) is 18.2 Å². The first kappa shape index (κ1) is 12.3. The maximum atomic E-state index is 10.7. The van der Waals surface area contributed by atoms with Crippen LogP contribution in [-0.4, -0.2) is 45.7 Å². The maximum Gasteiger partial charge on any atom is 0.335 e. The van der Waals surface area contributed by atoms with Crippen LogP contribution in [0.1, 0.15) is 10.4 Å². The third kappa shape index (κ3) is 3.11. The molecule has 0 aliphatic carbocycles. The van der Waals surface area contributed by atoms with Crippen molar-refractivity contribution in [3.63, 3.8) is 0 Å². The first-order valence-corrected chi connectivity index (χ1v) is 4.63. The van der Waals surface area contributed by atoms with E-state index < -0.39 is 18.7 Å². The maximum absolute atomic E-state index is 10.7. The number of phenolic OH excluding ortho intramolecular Hbond substituents is 1. The van der Waals surface area contributed by atoms with Gasteiger partial charge in [-0.05, 0) is 18.2 Å². The summed E-state index contributed by atoms with van der Waals surface area (Å²) in [5, 5.41) is 38.4. The standard InChI is InChI=1S/C10H13NO5/c12-5-7(13)4-11-8-3-6(10(15)16)1-2-9(8)14/h1-3,7,11-14H,4-5H2,(H,15,16). The second kappa shape index (κ2) is 5.34. The molecule has 6 nitrogen and oxygen atoms in total. The van der Waals surface area contributed by atoms with Gasteiger partial charge in [-0.3, -0.25) is 0 Å². The minimum absolute atomic E-state index is 0.0210. The van der Waals surface area contributed by atoms with Gasteiger partial charge in [0.05, 0.1) is 24.0 Å². The lowest BCUT2D eigenvalue weighted by Crippen LogP contribution is -2.23. The third-order valence-corrected chi connectivity index (χ3v) is 1.98. The van der Waals surface area contributed by atoms with Gasteiger partial charge in [0, 0.05) is 6.54 Å². The molecular weight excluding hydrogens is 214 g/mol. The number of aliphatic hydroxyl groups is 2. The molecule has 0 aliphatic rings. The quantitative estimate of drug-likeness (QED) is 0.448. The highest BCUT2D eigenvalue weighted by atomic mass is 16.4. The topological polar surface area (TPSA) is 110 Å². The Balaban J connectivity index is 2.78. The first-order valence-electron chi connectivity index (χ1n) is 4.63. The van der Waals surface area contributed by atoms with Gasteiger partial charge >= 0.3 is 5.97 Å². The molecule has 1 atom stereocenters. The Labute approximate surface area is 91.8 Å². The second-order valence-corrected chi connectivity index (χ2v) is 3.25. The fraction of sp³-hybridized carbons (Fsp3) is 0.300. The molecule has 0 bridgehead atoms. The Kier molecular flexibility index (Phi) is 4.10. The molecule has 5 N–H and O–H groups in total. The smallest absolute Gasteiger partial charge is 0.335 e. The van der Waals surface area contributed by atoms with Gasteiger partial charge in [-0.2, -0.15) is 0 Å². The molecule has 0 amide bonds. The number of rotatable bonds is 5. The molecule has 1 unspecified atom stereocenters. The van der Waals surface area contributed by atoms with Crippen molar-refractivity contribution in [2.75, 3.05) is 18.5 Å². The molecule has 0 aliphatic heterocycles. The van der Waals surface area contributed by atoms with Crippen LogP contribution >= 0.6 is 0 Å². The van der Waals surface area contributed by atoms with Crippen LogP contribution in [0.2, 0.25) is 0 Å². The van der Waals surface area contributed by atoms with Gasteiger partial charge in [0.15, 0.2) is 0 Å². The van der Waals surface area contributed by atoms with E-state index in [0.717, 1.165) is 0 Å². The first-order chi connectivity index (χ1) is 7.54. The number of aromatic carboxylic acids is 1. The molecule has 16 heavy (non-hydrogen) atoms. The minimum Gasteiger partial charge on any atom is -0.506 e. The molecule has 0 saturated carbocycles. The van der Waals surface area contributed by atoms with Gasteiger partial charge in [-0.15, -0.1) is 0 Å². The van der Waals surface area contributed by atoms with Crippen LogP contribution in [0.25, 0.3) is 0 Å². The van der Waals surface area contributed by atoms with E-state index in [1.807, 2.05) is 0 Å². The molecular formula is C10H13NO5. The molecule has 88 valence electrons. The molecule has 0 spiro atoms. The number of phenols is 1. The predicted octanol–water partition coefficient (Wildman–Crippen LogP) is -0.145. The van der Waals surface area contributed by atoms with E-state index in [2.05, 4.69) is 5.32 Å². The Morgan fingerprint density at radius 1 is 1.44 bits per heavy atom. The fourth-order valence-electron chi connectivity index (χ4n) is 1.10. The monoisotopic (exact) mass is 227 g/mol. The van der Waals surface area contributed by atoms with Crippen LogP contribution in [0.3, 0.4) is 0 Å². The number of aliphatic hydroxyl groups excluding tert-OH is 2. The molecule has 0 radical (unpaired) electrons. The van der Waals surface area contributed by atoms with Gasteiger partial charge in [0.1, 0.15) is 5.75 Å². The summed E-state index contributed by atoms with van der Waals surface area (Å²) in [5.41, 5.74) is 0.228. The highest BCUT2D eigenvalue weighted by molar-refractivity contribution is 5.89. The summed E-state index contributed by atoms with van der Waals surface area (Å²) in [6.45, 7) is -0.389. The minimum atomic E-state index is -1.11. The van der Waals surface area contributed by atoms with E-state index in [4.69, 9.17) is 15.3 Å². The number of carboxylic acids is 1. The van der Waals surface area contributed by atoms with E-state index in [1.54, 1.807) is 0 Å². The molecule has 1 aromatic carbocycles. The van der Waals surface area contributed by atoms with Gasteiger partial charge in [0.2, 0.25) is 0 Å². The zero-order valence-corrected chi connectivity index (χ0v) is 8.42. The largest absolute Gasteiger partial charge is 0.506 e. The Morgan fingerprint density at radius 2 is 2.12 bits per heavy atom. The van der Waals surface area contributed by atoms with Crippen LogP contribution < -0.4 is 5.32 Å². The number of aromatic hydroxyl groups is 1. The lowest BCUT2D eigenvalue weighted by atomic mass is 10.2. The third-order valence-electron chi connectivity index (χ3n) is 1.98. The van der Waals surface area contributed by atoms with E-state index in [0.29, 0.717) is 0 Å². The highest BCUT2D eigenvalue weighted by Crippen LogP contribution is 2.24. The van der Waals surface area contributed by atoms with Gasteiger partial charge < -0.3 is 25.7 Å². The number of nitrogens with one attached hydrogen (secondary N) is 1. The lowest BCUT2D eigenvalue weighted by molar-refractivity contribution is 0.0697. The normalized spacial score (nSPS) is 12.1. The van der Waals surface area contributed by atoms with Crippen molar-refractivity contribution < 1.29 is 25.2 Å². The van der Waals surface area contributed by atoms with E-state index in [9.17, 15) is 9.90 Å². The van der Waals surface area contributed by atoms with Gasteiger partial charge in [-0.1, -0.05) is 0 Å². The summed E-state index contributed by atoms with van der Waals surface area (Å²) in [4.78, 5) is 10.7. The van der Waals surface area contributed by atoms with Crippen molar-refractivity contribution in [2.45, 2.75) is 6.10 Å².